The topological polar surface area (TPSA) is 133 Å². The zero-order valence-corrected chi connectivity index (χ0v) is 16.4. The number of amides is 2. The molecule has 2 atom stereocenters. The molecule has 23 heavy (non-hydrogen) atoms. The van der Waals surface area contributed by atoms with Gasteiger partial charge in [0.15, 0.2) is 0 Å². The Bertz CT molecular complexity index is 374. The minimum atomic E-state index is -0.991. The molecule has 4 N–H and O–H groups in total. The maximum absolute atomic E-state index is 10.5. The van der Waals surface area contributed by atoms with Crippen molar-refractivity contribution in [3.8, 4) is 0 Å². The zero-order valence-electron chi connectivity index (χ0n) is 14.2. The molecule has 0 radical (unpaired) electrons. The third kappa shape index (κ3) is 13.9. The van der Waals surface area contributed by atoms with Gasteiger partial charge >= 0.3 is 11.9 Å². The van der Waals surface area contributed by atoms with E-state index in [9.17, 15) is 19.2 Å². The van der Waals surface area contributed by atoms with Crippen LogP contribution in [0.4, 0.5) is 0 Å². The van der Waals surface area contributed by atoms with Gasteiger partial charge in [-0.3, -0.25) is 9.59 Å². The molecule has 0 rings (SSSR count). The molecule has 0 spiro atoms. The van der Waals surface area contributed by atoms with Gasteiger partial charge in [-0.1, -0.05) is 27.7 Å². The van der Waals surface area contributed by atoms with Crippen LogP contribution in [0.5, 0.6) is 0 Å². The molecule has 0 aliphatic carbocycles. The predicted octanol–water partition coefficient (Wildman–Crippen LogP) is 0.461. The van der Waals surface area contributed by atoms with Crippen LogP contribution in [-0.4, -0.2) is 46.0 Å². The van der Waals surface area contributed by atoms with Crippen molar-refractivity contribution in [3.63, 3.8) is 0 Å². The van der Waals surface area contributed by atoms with Gasteiger partial charge in [-0.2, -0.15) is 0 Å². The summed E-state index contributed by atoms with van der Waals surface area (Å²) in [6.07, 6.45) is 0. The minimum Gasteiger partial charge on any atom is -0.480 e. The van der Waals surface area contributed by atoms with Gasteiger partial charge in [0.2, 0.25) is 11.8 Å². The third-order valence-electron chi connectivity index (χ3n) is 2.58. The van der Waals surface area contributed by atoms with Crippen LogP contribution < -0.4 is 10.6 Å². The summed E-state index contributed by atoms with van der Waals surface area (Å²) in [7, 11) is 0. The summed E-state index contributed by atoms with van der Waals surface area (Å²) in [6.45, 7) is 9.59. The zero-order chi connectivity index (χ0) is 18.0. The third-order valence-corrected chi connectivity index (χ3v) is 2.58. The molecule has 0 aromatic rings. The van der Waals surface area contributed by atoms with Crippen LogP contribution >= 0.6 is 0 Å². The smallest absolute Gasteiger partial charge is 0.326 e. The van der Waals surface area contributed by atoms with Gasteiger partial charge in [-0.05, 0) is 11.8 Å². The van der Waals surface area contributed by atoms with E-state index in [1.165, 1.54) is 13.8 Å². The van der Waals surface area contributed by atoms with Crippen molar-refractivity contribution in [1.29, 1.82) is 0 Å². The van der Waals surface area contributed by atoms with Gasteiger partial charge in [0.25, 0.3) is 0 Å². The van der Waals surface area contributed by atoms with Crippen LogP contribution in [0.15, 0.2) is 0 Å². The van der Waals surface area contributed by atoms with Crippen LogP contribution in [0.3, 0.4) is 0 Å². The first kappa shape index (κ1) is 26.5. The molecule has 0 saturated carbocycles. The molecule has 0 bridgehead atoms. The number of nitrogens with one attached hydrogen (secondary N) is 2. The minimum absolute atomic E-state index is 0. The monoisotopic (exact) mass is 513 g/mol. The molecular weight excluding hydrogens is 487 g/mol. The summed E-state index contributed by atoms with van der Waals surface area (Å²) >= 11 is 0. The summed E-state index contributed by atoms with van der Waals surface area (Å²) in [5, 5.41) is 21.8. The molecule has 0 fully saturated rings. The number of carboxylic acid groups (broad SMARTS) is 2. The summed E-state index contributed by atoms with van der Waals surface area (Å²) in [5.74, 6) is -2.78. The molecule has 0 aromatic heterocycles. The maximum atomic E-state index is 10.5. The standard InChI is InChI=1S/2C7H13NO3.Pt/c2*1-4(2)6(7(10)11)8-5(3)9;/h2*4,6H,1-3H3,(H,8,9)(H,10,11);. The fourth-order valence-electron chi connectivity index (χ4n) is 1.47. The van der Waals surface area contributed by atoms with Gasteiger partial charge in [0.05, 0.1) is 0 Å². The Morgan fingerprint density at radius 3 is 0.957 bits per heavy atom. The number of hydrogen-bond acceptors (Lipinski definition) is 4. The Kier molecular flexibility index (Phi) is 15.0. The predicted molar refractivity (Wildman–Crippen MR) is 80.2 cm³/mol. The normalized spacial score (nSPS) is 12.2. The van der Waals surface area contributed by atoms with Crippen molar-refractivity contribution in [1.82, 2.24) is 10.6 Å². The molecule has 0 aliphatic heterocycles. The summed E-state index contributed by atoms with van der Waals surface area (Å²) < 4.78 is 0. The molecule has 8 nitrogen and oxygen atoms in total. The summed E-state index contributed by atoms with van der Waals surface area (Å²) in [4.78, 5) is 41.9. The second-order valence-electron chi connectivity index (χ2n) is 5.52. The van der Waals surface area contributed by atoms with Crippen LogP contribution in [0, 0.1) is 11.8 Å². The average Bonchev–Trinajstić information content (AvgIpc) is 2.32. The molecule has 2 amide bonds. The van der Waals surface area contributed by atoms with Crippen LogP contribution in [-0.2, 0) is 40.2 Å². The van der Waals surface area contributed by atoms with Gasteiger partial charge < -0.3 is 20.8 Å². The second kappa shape index (κ2) is 13.0. The van der Waals surface area contributed by atoms with E-state index in [4.69, 9.17) is 10.2 Å². The van der Waals surface area contributed by atoms with Crippen molar-refractivity contribution < 1.29 is 50.5 Å². The van der Waals surface area contributed by atoms with Gasteiger partial charge in [-0.25, -0.2) is 9.59 Å². The van der Waals surface area contributed by atoms with E-state index in [0.29, 0.717) is 0 Å². The first-order chi connectivity index (χ1) is 9.89. The van der Waals surface area contributed by atoms with E-state index in [0.717, 1.165) is 0 Å². The molecule has 9 heteroatoms. The average molecular weight is 513 g/mol. The Balaban J connectivity index is -0.000000333. The summed E-state index contributed by atoms with van der Waals surface area (Å²) in [6, 6.07) is -1.54. The van der Waals surface area contributed by atoms with E-state index in [2.05, 4.69) is 10.6 Å². The molecule has 0 saturated heterocycles. The van der Waals surface area contributed by atoms with Crippen LogP contribution in [0.2, 0.25) is 0 Å². The van der Waals surface area contributed by atoms with Crippen molar-refractivity contribution in [2.24, 2.45) is 11.8 Å². The number of carboxylic acids is 2. The Hall–Kier alpha value is -1.43. The molecule has 0 heterocycles. The quantitative estimate of drug-likeness (QED) is 0.408. The van der Waals surface area contributed by atoms with Crippen LogP contribution in [0.25, 0.3) is 0 Å². The number of aliphatic carboxylic acids is 2. The van der Waals surface area contributed by atoms with Crippen molar-refractivity contribution >= 4 is 23.8 Å². The largest absolute Gasteiger partial charge is 0.480 e. The number of rotatable bonds is 6. The molecule has 138 valence electrons. The van der Waals surface area contributed by atoms with Crippen molar-refractivity contribution in [2.75, 3.05) is 0 Å². The van der Waals surface area contributed by atoms with E-state index in [1.807, 2.05) is 0 Å². The molecule has 0 aromatic carbocycles. The van der Waals surface area contributed by atoms with Crippen molar-refractivity contribution in [3.05, 3.63) is 0 Å². The van der Waals surface area contributed by atoms with E-state index < -0.39 is 24.0 Å². The van der Waals surface area contributed by atoms with E-state index >= 15 is 0 Å². The first-order valence-corrected chi connectivity index (χ1v) is 6.89. The number of carbonyl (C=O) groups excluding carboxylic acids is 2. The Morgan fingerprint density at radius 2 is 0.913 bits per heavy atom. The molecular formula is C14H26N2O6Pt. The maximum Gasteiger partial charge on any atom is 0.326 e. The molecule has 2 unspecified atom stereocenters. The SMILES string of the molecule is CC(=O)NC(C(=O)O)C(C)C.CC(=O)NC(C(=O)O)C(C)C.[Pt]. The second-order valence-corrected chi connectivity index (χ2v) is 5.52. The fourth-order valence-corrected chi connectivity index (χ4v) is 1.47. The van der Waals surface area contributed by atoms with Crippen LogP contribution in [0.1, 0.15) is 41.5 Å². The number of hydrogen-bond donors (Lipinski definition) is 4. The Labute approximate surface area is 150 Å². The van der Waals surface area contributed by atoms with E-state index in [1.54, 1.807) is 27.7 Å². The van der Waals surface area contributed by atoms with Gasteiger partial charge in [0, 0.05) is 34.9 Å². The van der Waals surface area contributed by atoms with Crippen molar-refractivity contribution in [2.45, 2.75) is 53.6 Å². The summed E-state index contributed by atoms with van der Waals surface area (Å²) in [5.41, 5.74) is 0. The Morgan fingerprint density at radius 1 is 0.696 bits per heavy atom. The van der Waals surface area contributed by atoms with Gasteiger partial charge in [0.1, 0.15) is 12.1 Å². The first-order valence-electron chi connectivity index (χ1n) is 6.89. The fraction of sp³-hybridized carbons (Fsp3) is 0.714. The van der Waals surface area contributed by atoms with E-state index in [-0.39, 0.29) is 44.7 Å². The number of carbonyl (C=O) groups is 4. The molecule has 0 aliphatic rings. The van der Waals surface area contributed by atoms with Gasteiger partial charge in [-0.15, -0.1) is 0 Å².